The molecule has 0 unspecified atom stereocenters. The number of hydrogen-bond acceptors (Lipinski definition) is 4. The van der Waals surface area contributed by atoms with Crippen molar-refractivity contribution in [3.05, 3.63) is 53.6 Å². The van der Waals surface area contributed by atoms with Crippen molar-refractivity contribution in [3.63, 3.8) is 0 Å². The summed E-state index contributed by atoms with van der Waals surface area (Å²) in [5, 5.41) is 2.81. The van der Waals surface area contributed by atoms with Crippen LogP contribution in [0.3, 0.4) is 0 Å². The second-order valence-electron chi connectivity index (χ2n) is 4.87. The third-order valence-electron chi connectivity index (χ3n) is 3.38. The Morgan fingerprint density at radius 2 is 2.00 bits per heavy atom. The van der Waals surface area contributed by atoms with Gasteiger partial charge in [0.05, 0.1) is 12.7 Å². The minimum atomic E-state index is -0.279. The van der Waals surface area contributed by atoms with E-state index in [4.69, 9.17) is 9.47 Å². The highest BCUT2D eigenvalue weighted by molar-refractivity contribution is 5.92. The molecule has 2 aromatic rings. The number of hydrogen-bond donors (Lipinski definition) is 1. The molecule has 5 heteroatoms. The molecule has 23 heavy (non-hydrogen) atoms. The Kier molecular flexibility index (Phi) is 5.74. The number of nitrogens with one attached hydrogen (secondary N) is 1. The molecule has 0 aromatic heterocycles. The van der Waals surface area contributed by atoms with E-state index >= 15 is 0 Å². The number of carbonyl (C=O) groups is 2. The summed E-state index contributed by atoms with van der Waals surface area (Å²) >= 11 is 0. The summed E-state index contributed by atoms with van der Waals surface area (Å²) in [4.78, 5) is 23.1. The van der Waals surface area contributed by atoms with E-state index in [1.165, 1.54) is 7.11 Å². The van der Waals surface area contributed by atoms with Gasteiger partial charge in [-0.25, -0.2) is 0 Å². The first-order valence-electron chi connectivity index (χ1n) is 7.31. The third kappa shape index (κ3) is 4.32. The average Bonchev–Trinajstić information content (AvgIpc) is 2.60. The molecule has 0 aliphatic carbocycles. The number of carbonyl (C=O) groups excluding carboxylic acids is 2. The van der Waals surface area contributed by atoms with Gasteiger partial charge in [0.2, 0.25) is 0 Å². The van der Waals surface area contributed by atoms with Crippen LogP contribution in [0.25, 0.3) is 0 Å². The van der Waals surface area contributed by atoms with Crippen LogP contribution >= 0.6 is 0 Å². The van der Waals surface area contributed by atoms with Gasteiger partial charge in [0.15, 0.2) is 12.9 Å². The van der Waals surface area contributed by atoms with Gasteiger partial charge in [0.1, 0.15) is 11.5 Å². The minimum absolute atomic E-state index is 0.175. The molecule has 0 spiro atoms. The Labute approximate surface area is 135 Å². The van der Waals surface area contributed by atoms with Crippen LogP contribution < -0.4 is 14.8 Å². The number of aryl methyl sites for hydroxylation is 1. The summed E-state index contributed by atoms with van der Waals surface area (Å²) in [5.74, 6) is 0.624. The molecular formula is C18H19NO4. The van der Waals surface area contributed by atoms with Crippen LogP contribution in [-0.2, 0) is 11.2 Å². The highest BCUT2D eigenvalue weighted by Gasteiger charge is 2.09. The highest BCUT2D eigenvalue weighted by atomic mass is 16.5. The minimum Gasteiger partial charge on any atom is -0.497 e. The second kappa shape index (κ2) is 7.98. The summed E-state index contributed by atoms with van der Waals surface area (Å²) in [6, 6.07) is 12.4. The molecule has 0 saturated heterocycles. The first-order valence-corrected chi connectivity index (χ1v) is 7.31. The van der Waals surface area contributed by atoms with E-state index in [1.807, 2.05) is 31.2 Å². The summed E-state index contributed by atoms with van der Waals surface area (Å²) < 4.78 is 10.5. The molecule has 0 atom stereocenters. The number of anilines is 1. The molecule has 1 N–H and O–H groups in total. The summed E-state index contributed by atoms with van der Waals surface area (Å²) in [5.41, 5.74) is 2.17. The topological polar surface area (TPSA) is 64.6 Å². The Balaban J connectivity index is 2.00. The molecule has 0 heterocycles. The molecule has 0 fully saturated rings. The fraction of sp³-hybridized carbons (Fsp3) is 0.222. The predicted molar refractivity (Wildman–Crippen MR) is 88.3 cm³/mol. The smallest absolute Gasteiger partial charge is 0.262 e. The molecular weight excluding hydrogens is 294 g/mol. The fourth-order valence-electron chi connectivity index (χ4n) is 2.16. The number of para-hydroxylation sites is 1. The van der Waals surface area contributed by atoms with Crippen molar-refractivity contribution in [1.82, 2.24) is 0 Å². The van der Waals surface area contributed by atoms with Crippen molar-refractivity contribution >= 4 is 17.9 Å². The standard InChI is InChI=1S/C18H19NO4/c1-3-13-6-4-5-7-16(13)19-18(21)12-23-17-9-8-15(22-2)10-14(17)11-20/h4-11H,3,12H2,1-2H3,(H,19,21). The summed E-state index contributed by atoms with van der Waals surface area (Å²) in [7, 11) is 1.52. The maximum atomic E-state index is 12.0. The van der Waals surface area contributed by atoms with Crippen LogP contribution in [0.15, 0.2) is 42.5 Å². The summed E-state index contributed by atoms with van der Waals surface area (Å²) in [6.07, 6.45) is 1.49. The number of amides is 1. The zero-order valence-corrected chi connectivity index (χ0v) is 13.2. The predicted octanol–water partition coefficient (Wildman–Crippen LogP) is 3.09. The average molecular weight is 313 g/mol. The van der Waals surface area contributed by atoms with Crippen molar-refractivity contribution in [2.75, 3.05) is 19.0 Å². The number of rotatable bonds is 7. The van der Waals surface area contributed by atoms with E-state index in [0.717, 1.165) is 17.7 Å². The molecule has 2 aromatic carbocycles. The Bertz CT molecular complexity index is 697. The van der Waals surface area contributed by atoms with Crippen molar-refractivity contribution in [2.45, 2.75) is 13.3 Å². The van der Waals surface area contributed by atoms with Crippen LogP contribution in [0.5, 0.6) is 11.5 Å². The largest absolute Gasteiger partial charge is 0.497 e. The summed E-state index contributed by atoms with van der Waals surface area (Å²) in [6.45, 7) is 1.85. The molecule has 120 valence electrons. The van der Waals surface area contributed by atoms with E-state index in [-0.39, 0.29) is 12.5 Å². The van der Waals surface area contributed by atoms with E-state index in [2.05, 4.69) is 5.32 Å². The van der Waals surface area contributed by atoms with Gasteiger partial charge in [0.25, 0.3) is 5.91 Å². The Morgan fingerprint density at radius 1 is 1.22 bits per heavy atom. The van der Waals surface area contributed by atoms with Gasteiger partial charge >= 0.3 is 0 Å². The molecule has 0 bridgehead atoms. The van der Waals surface area contributed by atoms with E-state index in [9.17, 15) is 9.59 Å². The molecule has 0 radical (unpaired) electrons. The Hall–Kier alpha value is -2.82. The highest BCUT2D eigenvalue weighted by Crippen LogP contribution is 2.22. The number of benzene rings is 2. The zero-order chi connectivity index (χ0) is 16.7. The molecule has 0 aliphatic heterocycles. The quantitative estimate of drug-likeness (QED) is 0.798. The van der Waals surface area contributed by atoms with Gasteiger partial charge in [-0.2, -0.15) is 0 Å². The van der Waals surface area contributed by atoms with Crippen LogP contribution in [0, 0.1) is 0 Å². The first kappa shape index (κ1) is 16.5. The number of methoxy groups -OCH3 is 1. The van der Waals surface area contributed by atoms with Crippen molar-refractivity contribution < 1.29 is 19.1 Å². The van der Waals surface area contributed by atoms with Crippen molar-refractivity contribution in [3.8, 4) is 11.5 Å². The van der Waals surface area contributed by atoms with Gasteiger partial charge in [-0.1, -0.05) is 25.1 Å². The van der Waals surface area contributed by atoms with Crippen LogP contribution in [0.2, 0.25) is 0 Å². The lowest BCUT2D eigenvalue weighted by Crippen LogP contribution is -2.21. The maximum Gasteiger partial charge on any atom is 0.262 e. The van der Waals surface area contributed by atoms with Gasteiger partial charge in [0, 0.05) is 5.69 Å². The molecule has 5 nitrogen and oxygen atoms in total. The Morgan fingerprint density at radius 3 is 2.70 bits per heavy atom. The van der Waals surface area contributed by atoms with Crippen LogP contribution in [0.4, 0.5) is 5.69 Å². The first-order chi connectivity index (χ1) is 11.2. The van der Waals surface area contributed by atoms with E-state index in [1.54, 1.807) is 18.2 Å². The van der Waals surface area contributed by atoms with Crippen molar-refractivity contribution in [2.24, 2.45) is 0 Å². The zero-order valence-electron chi connectivity index (χ0n) is 13.2. The van der Waals surface area contributed by atoms with Gasteiger partial charge < -0.3 is 14.8 Å². The third-order valence-corrected chi connectivity index (χ3v) is 3.38. The van der Waals surface area contributed by atoms with E-state index < -0.39 is 0 Å². The second-order valence-corrected chi connectivity index (χ2v) is 4.87. The lowest BCUT2D eigenvalue weighted by atomic mass is 10.1. The fourth-order valence-corrected chi connectivity index (χ4v) is 2.16. The number of aldehydes is 1. The van der Waals surface area contributed by atoms with Gasteiger partial charge in [-0.05, 0) is 36.2 Å². The molecule has 0 aliphatic rings. The maximum absolute atomic E-state index is 12.0. The lowest BCUT2D eigenvalue weighted by Gasteiger charge is -2.12. The number of ether oxygens (including phenoxy) is 2. The molecule has 0 saturated carbocycles. The van der Waals surface area contributed by atoms with E-state index in [0.29, 0.717) is 23.3 Å². The lowest BCUT2D eigenvalue weighted by molar-refractivity contribution is -0.118. The normalized spacial score (nSPS) is 10.0. The molecule has 2 rings (SSSR count). The van der Waals surface area contributed by atoms with Crippen LogP contribution in [-0.4, -0.2) is 25.9 Å². The van der Waals surface area contributed by atoms with Crippen molar-refractivity contribution in [1.29, 1.82) is 0 Å². The van der Waals surface area contributed by atoms with Gasteiger partial charge in [-0.3, -0.25) is 9.59 Å². The monoisotopic (exact) mass is 313 g/mol. The SMILES string of the molecule is CCc1ccccc1NC(=O)COc1ccc(OC)cc1C=O. The van der Waals surface area contributed by atoms with Crippen LogP contribution in [0.1, 0.15) is 22.8 Å². The molecule has 1 amide bonds. The van der Waals surface area contributed by atoms with Gasteiger partial charge in [-0.15, -0.1) is 0 Å².